The van der Waals surface area contributed by atoms with E-state index in [1.165, 1.54) is 55.4 Å². The molecule has 9 heteroatoms. The van der Waals surface area contributed by atoms with E-state index in [9.17, 15) is 9.90 Å². The summed E-state index contributed by atoms with van der Waals surface area (Å²) in [5.41, 5.74) is 4.44. The zero-order chi connectivity index (χ0) is 32.4. The van der Waals surface area contributed by atoms with Crippen molar-refractivity contribution >= 4 is 66.1 Å². The van der Waals surface area contributed by atoms with E-state index in [1.54, 1.807) is 42.5 Å². The van der Waals surface area contributed by atoms with Crippen LogP contribution in [0, 0.1) is 0 Å². The van der Waals surface area contributed by atoms with Gasteiger partial charge in [-0.3, -0.25) is 4.79 Å². The molecule has 0 atom stereocenters. The van der Waals surface area contributed by atoms with Gasteiger partial charge in [-0.2, -0.15) is 5.11 Å². The number of azo groups is 2. The van der Waals surface area contributed by atoms with Crippen LogP contribution in [0.5, 0.6) is 5.75 Å². The third-order valence-electron chi connectivity index (χ3n) is 7.90. The van der Waals surface area contributed by atoms with E-state index in [4.69, 9.17) is 0 Å². The highest BCUT2D eigenvalue weighted by Crippen LogP contribution is 2.40. The number of phenols is 1. The highest BCUT2D eigenvalue weighted by atomic mass is 32.1. The number of anilines is 1. The van der Waals surface area contributed by atoms with Gasteiger partial charge in [0.1, 0.15) is 5.69 Å². The molecule has 0 radical (unpaired) electrons. The standard InChI is InChI=1S/C38H36N6O2S/c1-2-3-4-5-6-8-13-26-18-23-33-34(24-26)47-38(40-33)44-42-30-21-19-29(20-22-30)41-43-35-31-17-12-11-14-27(31)25-32(36(35)45)37(46)39-28-15-9-7-10-16-28/h7,9-12,14-25,45H,2-6,8,13H2,1H3,(H,39,46). The Labute approximate surface area is 278 Å². The number of amides is 1. The lowest BCUT2D eigenvalue weighted by atomic mass is 10.0. The summed E-state index contributed by atoms with van der Waals surface area (Å²) in [5.74, 6) is -0.677. The van der Waals surface area contributed by atoms with Gasteiger partial charge in [-0.25, -0.2) is 4.98 Å². The summed E-state index contributed by atoms with van der Waals surface area (Å²) in [5, 5.41) is 33.5. The minimum absolute atomic E-state index is 0.112. The molecule has 0 spiro atoms. The van der Waals surface area contributed by atoms with E-state index in [-0.39, 0.29) is 17.0 Å². The molecule has 0 saturated heterocycles. The minimum atomic E-state index is -0.438. The number of nitrogens with zero attached hydrogens (tertiary/aromatic N) is 5. The fourth-order valence-electron chi connectivity index (χ4n) is 5.37. The predicted molar refractivity (Wildman–Crippen MR) is 192 cm³/mol. The van der Waals surface area contributed by atoms with Crippen LogP contribution < -0.4 is 5.32 Å². The SMILES string of the molecule is CCCCCCCCc1ccc2nc(N=Nc3ccc(N=Nc4c(O)c(C(=O)Nc5ccccc5)cc5ccccc45)cc3)sc2c1. The molecule has 1 aromatic heterocycles. The second-order valence-electron chi connectivity index (χ2n) is 11.4. The smallest absolute Gasteiger partial charge is 0.259 e. The molecule has 1 heterocycles. The number of aryl methyl sites for hydroxylation is 1. The fraction of sp³-hybridized carbons (Fsp3) is 0.211. The lowest BCUT2D eigenvalue weighted by Crippen LogP contribution is -2.12. The van der Waals surface area contributed by atoms with Crippen LogP contribution in [0.2, 0.25) is 0 Å². The first-order valence-electron chi connectivity index (χ1n) is 16.0. The number of carbonyl (C=O) groups excluding carboxylic acids is 1. The van der Waals surface area contributed by atoms with Crippen molar-refractivity contribution < 1.29 is 9.90 Å². The zero-order valence-corrected chi connectivity index (χ0v) is 27.1. The fourth-order valence-corrected chi connectivity index (χ4v) is 6.22. The van der Waals surface area contributed by atoms with Gasteiger partial charge in [-0.05, 0) is 78.4 Å². The summed E-state index contributed by atoms with van der Waals surface area (Å²) < 4.78 is 1.12. The average molecular weight is 641 g/mol. The molecule has 0 saturated carbocycles. The number of thiazole rings is 1. The van der Waals surface area contributed by atoms with E-state index in [1.807, 2.05) is 42.5 Å². The number of aromatic hydroxyl groups is 1. The number of unbranched alkanes of at least 4 members (excludes halogenated alkanes) is 5. The molecule has 2 N–H and O–H groups in total. The third kappa shape index (κ3) is 8.12. The second-order valence-corrected chi connectivity index (χ2v) is 12.4. The van der Waals surface area contributed by atoms with Crippen LogP contribution in [0.1, 0.15) is 61.4 Å². The summed E-state index contributed by atoms with van der Waals surface area (Å²) in [6.45, 7) is 2.25. The Hall–Kier alpha value is -5.28. The second kappa shape index (κ2) is 15.3. The van der Waals surface area contributed by atoms with Crippen molar-refractivity contribution in [3.05, 3.63) is 114 Å². The number of hydrogen-bond donors (Lipinski definition) is 2. The summed E-state index contributed by atoms with van der Waals surface area (Å²) in [7, 11) is 0. The first-order valence-corrected chi connectivity index (χ1v) is 16.8. The van der Waals surface area contributed by atoms with Crippen molar-refractivity contribution in [2.45, 2.75) is 51.9 Å². The van der Waals surface area contributed by atoms with Crippen molar-refractivity contribution in [1.82, 2.24) is 4.98 Å². The van der Waals surface area contributed by atoms with Gasteiger partial charge >= 0.3 is 0 Å². The van der Waals surface area contributed by atoms with Crippen LogP contribution in [0.25, 0.3) is 21.0 Å². The summed E-state index contributed by atoms with van der Waals surface area (Å²) in [6, 6.07) is 31.8. The number of nitrogens with one attached hydrogen (secondary N) is 1. The topological polar surface area (TPSA) is 112 Å². The van der Waals surface area contributed by atoms with Gasteiger partial charge in [-0.15, -0.1) is 15.3 Å². The van der Waals surface area contributed by atoms with Gasteiger partial charge in [0.05, 0.1) is 27.2 Å². The van der Waals surface area contributed by atoms with Crippen LogP contribution >= 0.6 is 11.3 Å². The highest BCUT2D eigenvalue weighted by molar-refractivity contribution is 7.21. The maximum Gasteiger partial charge on any atom is 0.259 e. The van der Waals surface area contributed by atoms with Crippen LogP contribution in [0.15, 0.2) is 124 Å². The third-order valence-corrected chi connectivity index (χ3v) is 8.80. The molecule has 0 unspecified atom stereocenters. The van der Waals surface area contributed by atoms with Gasteiger partial charge < -0.3 is 10.4 Å². The number of phenolic OH excluding ortho intramolecular Hbond substituents is 1. The van der Waals surface area contributed by atoms with Crippen molar-refractivity contribution in [3.8, 4) is 5.75 Å². The van der Waals surface area contributed by atoms with E-state index in [0.29, 0.717) is 27.6 Å². The van der Waals surface area contributed by atoms with E-state index < -0.39 is 5.91 Å². The molecule has 0 aliphatic rings. The first kappa shape index (κ1) is 31.7. The van der Waals surface area contributed by atoms with Crippen LogP contribution in [-0.4, -0.2) is 16.0 Å². The molecule has 0 bridgehead atoms. The van der Waals surface area contributed by atoms with Gasteiger partial charge in [0.25, 0.3) is 5.91 Å². The number of fused-ring (bicyclic) bond motifs is 2. The molecule has 0 aliphatic heterocycles. The Morgan fingerprint density at radius 2 is 1.47 bits per heavy atom. The lowest BCUT2D eigenvalue weighted by Gasteiger charge is -2.11. The van der Waals surface area contributed by atoms with Crippen molar-refractivity contribution in [2.24, 2.45) is 20.5 Å². The maximum atomic E-state index is 13.1. The van der Waals surface area contributed by atoms with E-state index >= 15 is 0 Å². The van der Waals surface area contributed by atoms with E-state index in [2.05, 4.69) is 55.9 Å². The first-order chi connectivity index (χ1) is 23.1. The number of carbonyl (C=O) groups is 1. The molecule has 0 fully saturated rings. The summed E-state index contributed by atoms with van der Waals surface area (Å²) in [4.78, 5) is 17.7. The molecule has 6 aromatic rings. The number of para-hydroxylation sites is 1. The molecular formula is C38H36N6O2S. The Morgan fingerprint density at radius 1 is 0.766 bits per heavy atom. The Bertz CT molecular complexity index is 2040. The minimum Gasteiger partial charge on any atom is -0.505 e. The molecule has 5 aromatic carbocycles. The molecule has 8 nitrogen and oxygen atoms in total. The number of hydrogen-bond acceptors (Lipinski definition) is 8. The van der Waals surface area contributed by atoms with Crippen LogP contribution in [0.3, 0.4) is 0 Å². The number of aromatic nitrogens is 1. The Kier molecular flexibility index (Phi) is 10.3. The van der Waals surface area contributed by atoms with Gasteiger partial charge in [0, 0.05) is 11.1 Å². The number of benzene rings is 5. The Morgan fingerprint density at radius 3 is 2.26 bits per heavy atom. The van der Waals surface area contributed by atoms with Crippen LogP contribution in [0.4, 0.5) is 27.9 Å². The van der Waals surface area contributed by atoms with Gasteiger partial charge in [0.2, 0.25) is 5.13 Å². The molecule has 6 rings (SSSR count). The zero-order valence-electron chi connectivity index (χ0n) is 26.3. The van der Waals surface area contributed by atoms with Gasteiger partial charge in [0.15, 0.2) is 5.75 Å². The molecular weight excluding hydrogens is 605 g/mol. The van der Waals surface area contributed by atoms with E-state index in [0.717, 1.165) is 22.0 Å². The highest BCUT2D eigenvalue weighted by Gasteiger charge is 2.18. The quantitative estimate of drug-likeness (QED) is 0.0967. The van der Waals surface area contributed by atoms with Gasteiger partial charge in [-0.1, -0.05) is 98.9 Å². The largest absolute Gasteiger partial charge is 0.505 e. The average Bonchev–Trinajstić information content (AvgIpc) is 3.51. The molecule has 47 heavy (non-hydrogen) atoms. The Balaban J connectivity index is 1.13. The normalized spacial score (nSPS) is 11.7. The van der Waals surface area contributed by atoms with Crippen LogP contribution in [-0.2, 0) is 6.42 Å². The summed E-state index contributed by atoms with van der Waals surface area (Å²) in [6.07, 6.45) is 8.83. The van der Waals surface area contributed by atoms with Crippen molar-refractivity contribution in [3.63, 3.8) is 0 Å². The van der Waals surface area contributed by atoms with Crippen molar-refractivity contribution in [1.29, 1.82) is 0 Å². The molecule has 1 amide bonds. The molecule has 0 aliphatic carbocycles. The lowest BCUT2D eigenvalue weighted by molar-refractivity contribution is 0.102. The monoisotopic (exact) mass is 640 g/mol. The maximum absolute atomic E-state index is 13.1. The van der Waals surface area contributed by atoms with Crippen molar-refractivity contribution in [2.75, 3.05) is 5.32 Å². The number of rotatable bonds is 13. The predicted octanol–water partition coefficient (Wildman–Crippen LogP) is 12.1. The summed E-state index contributed by atoms with van der Waals surface area (Å²) >= 11 is 1.54. The molecule has 236 valence electrons.